The minimum Gasteiger partial charge on any atom is -0.504 e. The molecule has 0 fully saturated rings. The highest BCUT2D eigenvalue weighted by Gasteiger charge is 2.13. The second-order valence-electron chi connectivity index (χ2n) is 3.56. The highest BCUT2D eigenvalue weighted by molar-refractivity contribution is 5.92. The van der Waals surface area contributed by atoms with Crippen molar-refractivity contribution in [1.29, 1.82) is 0 Å². The molecule has 0 aliphatic rings. The topological polar surface area (TPSA) is 55.8 Å². The number of rotatable bonds is 3. The number of phenols is 1. The molecule has 0 heterocycles. The number of hydrogen-bond donors (Lipinski definition) is 1. The van der Waals surface area contributed by atoms with E-state index >= 15 is 0 Å². The van der Waals surface area contributed by atoms with Crippen molar-refractivity contribution < 1.29 is 19.4 Å². The molecule has 0 spiro atoms. The Balaban J connectivity index is 2.35. The Morgan fingerprint density at radius 3 is 2.28 bits per heavy atom. The van der Waals surface area contributed by atoms with E-state index in [9.17, 15) is 9.90 Å². The summed E-state index contributed by atoms with van der Waals surface area (Å²) in [5, 5.41) is 9.62. The standard InChI is InChI=1S/C14H12O4/c1-17-14(16)10-6-2-4-8-12(10)18-13-9-5-3-7-11(13)15/h2-9,15H,1H3. The van der Waals surface area contributed by atoms with Crippen molar-refractivity contribution >= 4 is 5.97 Å². The SMILES string of the molecule is COC(=O)c1ccccc1Oc1ccccc1O. The van der Waals surface area contributed by atoms with Gasteiger partial charge in [0, 0.05) is 0 Å². The summed E-state index contributed by atoms with van der Waals surface area (Å²) >= 11 is 0. The lowest BCUT2D eigenvalue weighted by atomic mass is 10.2. The van der Waals surface area contributed by atoms with E-state index in [0.717, 1.165) is 0 Å². The first-order valence-electron chi connectivity index (χ1n) is 5.35. The monoisotopic (exact) mass is 244 g/mol. The van der Waals surface area contributed by atoms with Crippen molar-refractivity contribution in [3.8, 4) is 17.2 Å². The number of phenolic OH excluding ortho intramolecular Hbond substituents is 1. The molecule has 0 atom stereocenters. The minimum absolute atomic E-state index is 0.0113. The van der Waals surface area contributed by atoms with Crippen LogP contribution in [-0.4, -0.2) is 18.2 Å². The second kappa shape index (κ2) is 5.23. The Hall–Kier alpha value is -2.49. The van der Waals surface area contributed by atoms with Crippen LogP contribution in [0.15, 0.2) is 48.5 Å². The summed E-state index contributed by atoms with van der Waals surface area (Å²) in [6.45, 7) is 0. The van der Waals surface area contributed by atoms with Gasteiger partial charge in [0.25, 0.3) is 0 Å². The molecule has 2 aromatic rings. The molecular weight excluding hydrogens is 232 g/mol. The van der Waals surface area contributed by atoms with Gasteiger partial charge in [-0.25, -0.2) is 4.79 Å². The van der Waals surface area contributed by atoms with Gasteiger partial charge in [0.1, 0.15) is 11.3 Å². The number of esters is 1. The number of carbonyl (C=O) groups is 1. The van der Waals surface area contributed by atoms with E-state index in [1.165, 1.54) is 13.2 Å². The third kappa shape index (κ3) is 2.43. The molecule has 0 unspecified atom stereocenters. The fraction of sp³-hybridized carbons (Fsp3) is 0.0714. The average Bonchev–Trinajstić information content (AvgIpc) is 2.41. The zero-order chi connectivity index (χ0) is 13.0. The average molecular weight is 244 g/mol. The van der Waals surface area contributed by atoms with Crippen LogP contribution in [0.1, 0.15) is 10.4 Å². The van der Waals surface area contributed by atoms with Crippen molar-refractivity contribution in [2.24, 2.45) is 0 Å². The van der Waals surface area contributed by atoms with Gasteiger partial charge in [0.15, 0.2) is 11.5 Å². The van der Waals surface area contributed by atoms with Crippen molar-refractivity contribution in [3.63, 3.8) is 0 Å². The van der Waals surface area contributed by atoms with E-state index in [4.69, 9.17) is 4.74 Å². The molecule has 92 valence electrons. The molecule has 2 rings (SSSR count). The van der Waals surface area contributed by atoms with Gasteiger partial charge in [-0.2, -0.15) is 0 Å². The molecule has 0 saturated carbocycles. The molecule has 18 heavy (non-hydrogen) atoms. The van der Waals surface area contributed by atoms with Gasteiger partial charge in [-0.05, 0) is 24.3 Å². The third-order valence-corrected chi connectivity index (χ3v) is 2.38. The Morgan fingerprint density at radius 1 is 1.00 bits per heavy atom. The van der Waals surface area contributed by atoms with Crippen LogP contribution in [0.5, 0.6) is 17.2 Å². The van der Waals surface area contributed by atoms with Crippen LogP contribution in [-0.2, 0) is 4.74 Å². The molecule has 0 aliphatic carbocycles. The van der Waals surface area contributed by atoms with Crippen LogP contribution in [0.2, 0.25) is 0 Å². The second-order valence-corrected chi connectivity index (χ2v) is 3.56. The Bertz CT molecular complexity index is 563. The molecule has 0 amide bonds. The molecule has 4 heteroatoms. The van der Waals surface area contributed by atoms with Crippen molar-refractivity contribution in [2.75, 3.05) is 7.11 Å². The zero-order valence-electron chi connectivity index (χ0n) is 9.79. The number of methoxy groups -OCH3 is 1. The fourth-order valence-corrected chi connectivity index (χ4v) is 1.50. The fourth-order valence-electron chi connectivity index (χ4n) is 1.50. The molecule has 0 radical (unpaired) electrons. The largest absolute Gasteiger partial charge is 0.504 e. The van der Waals surface area contributed by atoms with Gasteiger partial charge in [-0.3, -0.25) is 0 Å². The summed E-state index contributed by atoms with van der Waals surface area (Å²) in [6.07, 6.45) is 0. The van der Waals surface area contributed by atoms with Crippen molar-refractivity contribution in [2.45, 2.75) is 0 Å². The lowest BCUT2D eigenvalue weighted by molar-refractivity contribution is 0.0598. The number of carbonyl (C=O) groups excluding carboxylic acids is 1. The van der Waals surface area contributed by atoms with Crippen LogP contribution in [0.4, 0.5) is 0 Å². The maximum atomic E-state index is 11.5. The number of aromatic hydroxyl groups is 1. The van der Waals surface area contributed by atoms with Gasteiger partial charge >= 0.3 is 5.97 Å². The smallest absolute Gasteiger partial charge is 0.341 e. The maximum Gasteiger partial charge on any atom is 0.341 e. The summed E-state index contributed by atoms with van der Waals surface area (Å²) in [7, 11) is 1.30. The van der Waals surface area contributed by atoms with Crippen molar-refractivity contribution in [1.82, 2.24) is 0 Å². The normalized spacial score (nSPS) is 9.83. The minimum atomic E-state index is -0.485. The number of ether oxygens (including phenoxy) is 2. The number of benzene rings is 2. The van der Waals surface area contributed by atoms with Gasteiger partial charge < -0.3 is 14.6 Å². The van der Waals surface area contributed by atoms with Crippen molar-refractivity contribution in [3.05, 3.63) is 54.1 Å². The summed E-state index contributed by atoms with van der Waals surface area (Å²) in [4.78, 5) is 11.5. The molecule has 4 nitrogen and oxygen atoms in total. The molecular formula is C14H12O4. The highest BCUT2D eigenvalue weighted by atomic mass is 16.5. The predicted octanol–water partition coefficient (Wildman–Crippen LogP) is 2.97. The number of para-hydroxylation sites is 3. The summed E-state index contributed by atoms with van der Waals surface area (Å²) < 4.78 is 10.2. The quantitative estimate of drug-likeness (QED) is 0.843. The lowest BCUT2D eigenvalue weighted by Gasteiger charge is -2.10. The Labute approximate surface area is 104 Å². The molecule has 0 aromatic heterocycles. The van der Waals surface area contributed by atoms with Crippen LogP contribution < -0.4 is 4.74 Å². The maximum absolute atomic E-state index is 11.5. The van der Waals surface area contributed by atoms with E-state index in [1.807, 2.05) is 0 Å². The predicted molar refractivity (Wildman–Crippen MR) is 66.0 cm³/mol. The third-order valence-electron chi connectivity index (χ3n) is 2.38. The first-order chi connectivity index (χ1) is 8.72. The Kier molecular flexibility index (Phi) is 3.48. The number of hydrogen-bond acceptors (Lipinski definition) is 4. The van der Waals surface area contributed by atoms with Gasteiger partial charge in [-0.15, -0.1) is 0 Å². The first kappa shape index (κ1) is 12.0. The van der Waals surface area contributed by atoms with E-state index < -0.39 is 5.97 Å². The van der Waals surface area contributed by atoms with Crippen LogP contribution in [0.25, 0.3) is 0 Å². The highest BCUT2D eigenvalue weighted by Crippen LogP contribution is 2.31. The van der Waals surface area contributed by atoms with Gasteiger partial charge in [0.05, 0.1) is 7.11 Å². The molecule has 0 aliphatic heterocycles. The van der Waals surface area contributed by atoms with E-state index in [1.54, 1.807) is 42.5 Å². The van der Waals surface area contributed by atoms with Crippen LogP contribution in [0.3, 0.4) is 0 Å². The van der Waals surface area contributed by atoms with E-state index in [2.05, 4.69) is 4.74 Å². The van der Waals surface area contributed by atoms with E-state index in [-0.39, 0.29) is 11.5 Å². The molecule has 1 N–H and O–H groups in total. The van der Waals surface area contributed by atoms with Crippen LogP contribution in [0, 0.1) is 0 Å². The summed E-state index contributed by atoms with van der Waals surface area (Å²) in [6, 6.07) is 13.2. The molecule has 0 bridgehead atoms. The van der Waals surface area contributed by atoms with Gasteiger partial charge in [0.2, 0.25) is 0 Å². The molecule has 0 saturated heterocycles. The van der Waals surface area contributed by atoms with E-state index in [0.29, 0.717) is 11.3 Å². The molecule has 2 aromatic carbocycles. The summed E-state index contributed by atoms with van der Waals surface area (Å²) in [5.74, 6) is 0.151. The lowest BCUT2D eigenvalue weighted by Crippen LogP contribution is -2.03. The van der Waals surface area contributed by atoms with Gasteiger partial charge in [-0.1, -0.05) is 24.3 Å². The zero-order valence-corrected chi connectivity index (χ0v) is 9.79. The summed E-state index contributed by atoms with van der Waals surface area (Å²) in [5.41, 5.74) is 0.309. The Morgan fingerprint density at radius 2 is 1.61 bits per heavy atom. The van der Waals surface area contributed by atoms with Crippen LogP contribution >= 0.6 is 0 Å². The first-order valence-corrected chi connectivity index (χ1v) is 5.35.